The van der Waals surface area contributed by atoms with Crippen LogP contribution in [-0.4, -0.2) is 32.9 Å². The Morgan fingerprint density at radius 3 is 2.26 bits per heavy atom. The van der Waals surface area contributed by atoms with Crippen LogP contribution in [0.4, 0.5) is 5.95 Å². The smallest absolute Gasteiger partial charge is 0.221 e. The first-order valence-corrected chi connectivity index (χ1v) is 8.07. The van der Waals surface area contributed by atoms with Gasteiger partial charge in [0.2, 0.25) is 5.95 Å². The first-order valence-electron chi connectivity index (χ1n) is 8.07. The minimum absolute atomic E-state index is 0.403. The van der Waals surface area contributed by atoms with E-state index in [0.29, 0.717) is 18.0 Å². The maximum atomic E-state index is 5.77. The minimum atomic E-state index is 0.403. The van der Waals surface area contributed by atoms with Gasteiger partial charge in [-0.25, -0.2) is 9.66 Å². The minimum Gasteiger partial charge on any atom is -0.368 e. The maximum Gasteiger partial charge on any atom is 0.221 e. The van der Waals surface area contributed by atoms with Crippen molar-refractivity contribution in [2.75, 3.05) is 5.73 Å². The molecule has 2 N–H and O–H groups in total. The molecule has 5 nitrogen and oxygen atoms in total. The summed E-state index contributed by atoms with van der Waals surface area (Å²) >= 11 is 0. The molecular weight excluding hydrogens is 286 g/mol. The summed E-state index contributed by atoms with van der Waals surface area (Å²) < 4.78 is 1.59. The molecule has 0 aliphatic heterocycles. The molecule has 1 aromatic heterocycles. The fourth-order valence-electron chi connectivity index (χ4n) is 2.61. The molecule has 2 aromatic rings. The fourth-order valence-corrected chi connectivity index (χ4v) is 2.61. The zero-order chi connectivity index (χ0) is 17.0. The SMILES string of the molecule is Cc1cn(N=Cc2ccc(CN(C(C)C)C(C)C)cc2)c(N)n1. The second-order valence-corrected chi connectivity index (χ2v) is 6.43. The first-order chi connectivity index (χ1) is 10.9. The Kier molecular flexibility index (Phi) is 5.55. The number of aryl methyl sites for hydroxylation is 1. The van der Waals surface area contributed by atoms with E-state index >= 15 is 0 Å². The summed E-state index contributed by atoms with van der Waals surface area (Å²) in [6, 6.07) is 9.53. The summed E-state index contributed by atoms with van der Waals surface area (Å²) in [6.07, 6.45) is 3.60. The number of nitrogens with zero attached hydrogens (tertiary/aromatic N) is 4. The molecule has 1 aromatic carbocycles. The van der Waals surface area contributed by atoms with Crippen LogP contribution >= 0.6 is 0 Å². The van der Waals surface area contributed by atoms with E-state index in [4.69, 9.17) is 5.73 Å². The molecule has 0 aliphatic rings. The quantitative estimate of drug-likeness (QED) is 0.833. The molecule has 2 rings (SSSR count). The maximum absolute atomic E-state index is 5.77. The van der Waals surface area contributed by atoms with Crippen molar-refractivity contribution in [3.05, 3.63) is 47.3 Å². The van der Waals surface area contributed by atoms with Crippen molar-refractivity contribution in [1.82, 2.24) is 14.6 Å². The molecule has 0 saturated heterocycles. The van der Waals surface area contributed by atoms with Gasteiger partial charge in [-0.15, -0.1) is 0 Å². The summed E-state index contributed by atoms with van der Waals surface area (Å²) in [5.74, 6) is 0.403. The van der Waals surface area contributed by atoms with Gasteiger partial charge in [0.25, 0.3) is 0 Å². The van der Waals surface area contributed by atoms with Gasteiger partial charge in [-0.2, -0.15) is 5.10 Å². The van der Waals surface area contributed by atoms with Crippen LogP contribution in [0.3, 0.4) is 0 Å². The summed E-state index contributed by atoms with van der Waals surface area (Å²) in [4.78, 5) is 6.59. The van der Waals surface area contributed by atoms with Gasteiger partial charge in [-0.05, 0) is 45.7 Å². The molecular formula is C18H27N5. The summed E-state index contributed by atoms with van der Waals surface area (Å²) in [5.41, 5.74) is 8.98. The molecule has 0 aliphatic carbocycles. The summed E-state index contributed by atoms with van der Waals surface area (Å²) in [7, 11) is 0. The van der Waals surface area contributed by atoms with E-state index in [2.05, 4.69) is 66.9 Å². The number of aromatic nitrogens is 2. The number of hydrogen-bond acceptors (Lipinski definition) is 4. The van der Waals surface area contributed by atoms with E-state index in [1.165, 1.54) is 5.56 Å². The number of nitrogen functional groups attached to an aromatic ring is 1. The molecule has 0 spiro atoms. The van der Waals surface area contributed by atoms with Crippen LogP contribution in [-0.2, 0) is 6.54 Å². The highest BCUT2D eigenvalue weighted by atomic mass is 15.4. The number of anilines is 1. The van der Waals surface area contributed by atoms with Gasteiger partial charge in [0.05, 0.1) is 18.1 Å². The summed E-state index contributed by atoms with van der Waals surface area (Å²) in [5, 5.41) is 4.34. The molecule has 23 heavy (non-hydrogen) atoms. The normalized spacial score (nSPS) is 12.2. The lowest BCUT2D eigenvalue weighted by molar-refractivity contribution is 0.166. The Balaban J connectivity index is 2.06. The van der Waals surface area contributed by atoms with Crippen LogP contribution in [0.15, 0.2) is 35.6 Å². The van der Waals surface area contributed by atoms with Crippen molar-refractivity contribution in [3.63, 3.8) is 0 Å². The van der Waals surface area contributed by atoms with Crippen molar-refractivity contribution < 1.29 is 0 Å². The van der Waals surface area contributed by atoms with Crippen LogP contribution in [0, 0.1) is 6.92 Å². The average molecular weight is 313 g/mol. The number of nitrogens with two attached hydrogens (primary N) is 1. The summed E-state index contributed by atoms with van der Waals surface area (Å²) in [6.45, 7) is 11.8. The molecule has 0 unspecified atom stereocenters. The zero-order valence-electron chi connectivity index (χ0n) is 14.7. The Morgan fingerprint density at radius 1 is 1.17 bits per heavy atom. The topological polar surface area (TPSA) is 59.4 Å². The van der Waals surface area contributed by atoms with Gasteiger partial charge in [0.15, 0.2) is 0 Å². The highest BCUT2D eigenvalue weighted by molar-refractivity contribution is 5.79. The Hall–Kier alpha value is -2.14. The molecule has 5 heteroatoms. The predicted molar refractivity (Wildman–Crippen MR) is 96.6 cm³/mol. The van der Waals surface area contributed by atoms with Gasteiger partial charge < -0.3 is 5.73 Å². The third-order valence-corrected chi connectivity index (χ3v) is 3.84. The lowest BCUT2D eigenvalue weighted by atomic mass is 10.1. The van der Waals surface area contributed by atoms with Crippen molar-refractivity contribution in [2.24, 2.45) is 5.10 Å². The van der Waals surface area contributed by atoms with E-state index < -0.39 is 0 Å². The highest BCUT2D eigenvalue weighted by Crippen LogP contribution is 2.13. The average Bonchev–Trinajstić information content (AvgIpc) is 2.81. The molecule has 124 valence electrons. The molecule has 0 fully saturated rings. The van der Waals surface area contributed by atoms with Crippen LogP contribution < -0.4 is 5.73 Å². The van der Waals surface area contributed by atoms with Crippen LogP contribution in [0.2, 0.25) is 0 Å². The molecule has 1 heterocycles. The first kappa shape index (κ1) is 17.2. The monoisotopic (exact) mass is 313 g/mol. The largest absolute Gasteiger partial charge is 0.368 e. The van der Waals surface area contributed by atoms with Crippen molar-refractivity contribution >= 4 is 12.2 Å². The third-order valence-electron chi connectivity index (χ3n) is 3.84. The Bertz CT molecular complexity index is 645. The zero-order valence-corrected chi connectivity index (χ0v) is 14.7. The highest BCUT2D eigenvalue weighted by Gasteiger charge is 2.13. The Labute approximate surface area is 138 Å². The van der Waals surface area contributed by atoms with Gasteiger partial charge >= 0.3 is 0 Å². The van der Waals surface area contributed by atoms with Crippen LogP contribution in [0.1, 0.15) is 44.5 Å². The molecule has 0 bridgehead atoms. The van der Waals surface area contributed by atoms with E-state index in [-0.39, 0.29) is 0 Å². The predicted octanol–water partition coefficient (Wildman–Crippen LogP) is 3.27. The van der Waals surface area contributed by atoms with E-state index in [1.54, 1.807) is 10.9 Å². The second kappa shape index (κ2) is 7.42. The van der Waals surface area contributed by atoms with Gasteiger partial charge in [0, 0.05) is 18.6 Å². The third kappa shape index (κ3) is 4.66. The number of imidazole rings is 1. The van der Waals surface area contributed by atoms with Crippen molar-refractivity contribution in [2.45, 2.75) is 53.2 Å². The van der Waals surface area contributed by atoms with Gasteiger partial charge in [-0.1, -0.05) is 24.3 Å². The molecule has 0 saturated carbocycles. The molecule has 0 amide bonds. The van der Waals surface area contributed by atoms with Gasteiger partial charge in [-0.3, -0.25) is 4.90 Å². The van der Waals surface area contributed by atoms with Gasteiger partial charge in [0.1, 0.15) is 0 Å². The van der Waals surface area contributed by atoms with Crippen LogP contribution in [0.5, 0.6) is 0 Å². The van der Waals surface area contributed by atoms with E-state index in [1.807, 2.05) is 13.1 Å². The van der Waals surface area contributed by atoms with E-state index in [0.717, 1.165) is 17.8 Å². The lowest BCUT2D eigenvalue weighted by Crippen LogP contribution is -2.36. The Morgan fingerprint density at radius 2 is 1.78 bits per heavy atom. The molecule has 0 atom stereocenters. The van der Waals surface area contributed by atoms with Crippen molar-refractivity contribution in [3.8, 4) is 0 Å². The lowest BCUT2D eigenvalue weighted by Gasteiger charge is -2.30. The second-order valence-electron chi connectivity index (χ2n) is 6.43. The molecule has 0 radical (unpaired) electrons. The van der Waals surface area contributed by atoms with E-state index in [9.17, 15) is 0 Å². The van der Waals surface area contributed by atoms with Crippen LogP contribution in [0.25, 0.3) is 0 Å². The fraction of sp³-hybridized carbons (Fsp3) is 0.444. The standard InChI is InChI=1S/C18H27N5/c1-13(2)22(14(3)4)12-17-8-6-16(7-9-17)10-20-23-11-15(5)21-18(23)19/h6-11,13-14H,12H2,1-5H3,(H2,19,21). The number of hydrogen-bond donors (Lipinski definition) is 1. The van der Waals surface area contributed by atoms with Crippen molar-refractivity contribution in [1.29, 1.82) is 0 Å². The number of rotatable bonds is 6. The number of benzene rings is 1.